The lowest BCUT2D eigenvalue weighted by Gasteiger charge is -2.14. The fourth-order valence-corrected chi connectivity index (χ4v) is 2.74. The molecule has 0 amide bonds. The molecule has 1 unspecified atom stereocenters. The van der Waals surface area contributed by atoms with E-state index in [0.717, 1.165) is 22.0 Å². The third-order valence-electron chi connectivity index (χ3n) is 2.54. The Kier molecular flexibility index (Phi) is 4.53. The molecule has 2 N–H and O–H groups in total. The molecular weight excluding hydrogens is 391 g/mol. The summed E-state index contributed by atoms with van der Waals surface area (Å²) in [6.07, 6.45) is 4.44. The minimum atomic E-state index is -0.0108. The number of benzene rings is 1. The molecule has 2 aromatic rings. The van der Waals surface area contributed by atoms with E-state index in [9.17, 15) is 0 Å². The molecule has 0 aliphatic rings. The van der Waals surface area contributed by atoms with E-state index in [4.69, 9.17) is 5.73 Å². The molecule has 1 aromatic heterocycles. The second-order valence-corrected chi connectivity index (χ2v) is 5.94. The van der Waals surface area contributed by atoms with Crippen molar-refractivity contribution in [3.8, 4) is 0 Å². The van der Waals surface area contributed by atoms with Gasteiger partial charge >= 0.3 is 0 Å². The summed E-state index contributed by atoms with van der Waals surface area (Å²) >= 11 is 5.84. The average molecular weight is 403 g/mol. The summed E-state index contributed by atoms with van der Waals surface area (Å²) in [5.74, 6) is 0. The van der Waals surface area contributed by atoms with Crippen LogP contribution in [0.25, 0.3) is 0 Å². The van der Waals surface area contributed by atoms with Crippen molar-refractivity contribution in [1.82, 2.24) is 4.98 Å². The summed E-state index contributed by atoms with van der Waals surface area (Å²) in [4.78, 5) is 4.10. The van der Waals surface area contributed by atoms with Crippen molar-refractivity contribution in [3.05, 3.63) is 61.9 Å². The van der Waals surface area contributed by atoms with Gasteiger partial charge in [-0.25, -0.2) is 0 Å². The van der Waals surface area contributed by atoms with Crippen molar-refractivity contribution in [2.24, 2.45) is 5.73 Å². The Morgan fingerprint density at radius 1 is 1.35 bits per heavy atom. The number of halogens is 2. The van der Waals surface area contributed by atoms with Crippen LogP contribution in [0.3, 0.4) is 0 Å². The molecule has 2 rings (SSSR count). The third kappa shape index (κ3) is 3.50. The molecular formula is C13H12BrIN2. The Bertz CT molecular complexity index is 502. The SMILES string of the molecule is NC(Cc1cccnc1)c1cc(I)ccc1Br. The standard InChI is InChI=1S/C13H12BrIN2/c14-12-4-3-10(15)7-11(12)13(16)6-9-2-1-5-17-8-9/h1-5,7-8,13H,6,16H2. The van der Waals surface area contributed by atoms with Gasteiger partial charge in [0.2, 0.25) is 0 Å². The Labute approximate surface area is 123 Å². The number of hydrogen-bond acceptors (Lipinski definition) is 2. The summed E-state index contributed by atoms with van der Waals surface area (Å²) in [6.45, 7) is 0. The minimum absolute atomic E-state index is 0.0108. The minimum Gasteiger partial charge on any atom is -0.324 e. The van der Waals surface area contributed by atoms with Crippen LogP contribution in [0.2, 0.25) is 0 Å². The van der Waals surface area contributed by atoms with Gasteiger partial charge in [0.25, 0.3) is 0 Å². The molecule has 0 saturated carbocycles. The van der Waals surface area contributed by atoms with Crippen LogP contribution in [0.15, 0.2) is 47.2 Å². The third-order valence-corrected chi connectivity index (χ3v) is 3.93. The van der Waals surface area contributed by atoms with Crippen molar-refractivity contribution < 1.29 is 0 Å². The van der Waals surface area contributed by atoms with E-state index >= 15 is 0 Å². The van der Waals surface area contributed by atoms with Crippen LogP contribution in [-0.4, -0.2) is 4.98 Å². The summed E-state index contributed by atoms with van der Waals surface area (Å²) in [5.41, 5.74) is 8.53. The number of nitrogens with two attached hydrogens (primary N) is 1. The smallest absolute Gasteiger partial charge is 0.0347 e. The molecule has 0 aliphatic heterocycles. The van der Waals surface area contributed by atoms with Gasteiger partial charge in [0.15, 0.2) is 0 Å². The number of pyridine rings is 1. The Morgan fingerprint density at radius 2 is 2.18 bits per heavy atom. The van der Waals surface area contributed by atoms with Crippen molar-refractivity contribution >= 4 is 38.5 Å². The number of hydrogen-bond donors (Lipinski definition) is 1. The fourth-order valence-electron chi connectivity index (χ4n) is 1.68. The lowest BCUT2D eigenvalue weighted by molar-refractivity contribution is 0.715. The molecule has 88 valence electrons. The summed E-state index contributed by atoms with van der Waals surface area (Å²) in [5, 5.41) is 0. The lowest BCUT2D eigenvalue weighted by Crippen LogP contribution is -2.14. The zero-order chi connectivity index (χ0) is 12.3. The van der Waals surface area contributed by atoms with E-state index in [1.807, 2.05) is 18.3 Å². The first-order chi connectivity index (χ1) is 8.16. The van der Waals surface area contributed by atoms with Gasteiger partial charge < -0.3 is 5.73 Å². The fraction of sp³-hybridized carbons (Fsp3) is 0.154. The van der Waals surface area contributed by atoms with Gasteiger partial charge in [0.05, 0.1) is 0 Å². The molecule has 0 saturated heterocycles. The van der Waals surface area contributed by atoms with Crippen LogP contribution in [0, 0.1) is 3.57 Å². The quantitative estimate of drug-likeness (QED) is 0.795. The average Bonchev–Trinajstić information content (AvgIpc) is 2.33. The van der Waals surface area contributed by atoms with Gasteiger partial charge in [-0.05, 0) is 64.4 Å². The normalized spacial score (nSPS) is 12.4. The summed E-state index contributed by atoms with van der Waals surface area (Å²) in [6, 6.07) is 10.2. The van der Waals surface area contributed by atoms with E-state index in [-0.39, 0.29) is 6.04 Å². The number of aromatic nitrogens is 1. The van der Waals surface area contributed by atoms with E-state index < -0.39 is 0 Å². The predicted molar refractivity (Wildman–Crippen MR) is 81.7 cm³/mol. The van der Waals surface area contributed by atoms with E-state index in [2.05, 4.69) is 61.7 Å². The molecule has 1 heterocycles. The largest absolute Gasteiger partial charge is 0.324 e. The van der Waals surface area contributed by atoms with Gasteiger partial charge in [0.1, 0.15) is 0 Å². The van der Waals surface area contributed by atoms with E-state index in [1.165, 1.54) is 3.57 Å². The van der Waals surface area contributed by atoms with Crippen LogP contribution in [0.5, 0.6) is 0 Å². The van der Waals surface area contributed by atoms with E-state index in [0.29, 0.717) is 0 Å². The van der Waals surface area contributed by atoms with Crippen LogP contribution in [0.1, 0.15) is 17.2 Å². The molecule has 0 bridgehead atoms. The molecule has 17 heavy (non-hydrogen) atoms. The Balaban J connectivity index is 2.20. The highest BCUT2D eigenvalue weighted by Crippen LogP contribution is 2.26. The second-order valence-electron chi connectivity index (χ2n) is 3.84. The Morgan fingerprint density at radius 3 is 2.88 bits per heavy atom. The van der Waals surface area contributed by atoms with E-state index in [1.54, 1.807) is 6.20 Å². The highest BCUT2D eigenvalue weighted by atomic mass is 127. The monoisotopic (exact) mass is 402 g/mol. The van der Waals surface area contributed by atoms with Crippen molar-refractivity contribution in [3.63, 3.8) is 0 Å². The van der Waals surface area contributed by atoms with Crippen molar-refractivity contribution in [2.75, 3.05) is 0 Å². The predicted octanol–water partition coefficient (Wildman–Crippen LogP) is 3.69. The van der Waals surface area contributed by atoms with Crippen LogP contribution in [-0.2, 0) is 6.42 Å². The maximum absolute atomic E-state index is 6.24. The first kappa shape index (κ1) is 13.0. The number of rotatable bonds is 3. The summed E-state index contributed by atoms with van der Waals surface area (Å²) in [7, 11) is 0. The molecule has 1 atom stereocenters. The zero-order valence-electron chi connectivity index (χ0n) is 9.11. The molecule has 0 spiro atoms. The molecule has 0 radical (unpaired) electrons. The molecule has 0 aliphatic carbocycles. The van der Waals surface area contributed by atoms with Crippen LogP contribution < -0.4 is 5.73 Å². The number of nitrogens with zero attached hydrogens (tertiary/aromatic N) is 1. The topological polar surface area (TPSA) is 38.9 Å². The van der Waals surface area contributed by atoms with Gasteiger partial charge in [-0.1, -0.05) is 22.0 Å². The highest BCUT2D eigenvalue weighted by molar-refractivity contribution is 14.1. The molecule has 0 fully saturated rings. The van der Waals surface area contributed by atoms with Crippen molar-refractivity contribution in [1.29, 1.82) is 0 Å². The first-order valence-corrected chi connectivity index (χ1v) is 7.13. The Hall–Kier alpha value is -0.460. The van der Waals surface area contributed by atoms with Crippen molar-refractivity contribution in [2.45, 2.75) is 12.5 Å². The molecule has 2 nitrogen and oxygen atoms in total. The zero-order valence-corrected chi connectivity index (χ0v) is 12.8. The van der Waals surface area contributed by atoms with Gasteiger partial charge in [-0.2, -0.15) is 0 Å². The van der Waals surface area contributed by atoms with Gasteiger partial charge in [0, 0.05) is 26.5 Å². The summed E-state index contributed by atoms with van der Waals surface area (Å²) < 4.78 is 2.26. The second kappa shape index (κ2) is 5.93. The highest BCUT2D eigenvalue weighted by Gasteiger charge is 2.11. The van der Waals surface area contributed by atoms with Gasteiger partial charge in [-0.3, -0.25) is 4.98 Å². The maximum atomic E-state index is 6.24. The van der Waals surface area contributed by atoms with Crippen LogP contribution >= 0.6 is 38.5 Å². The molecule has 1 aromatic carbocycles. The van der Waals surface area contributed by atoms with Crippen LogP contribution in [0.4, 0.5) is 0 Å². The van der Waals surface area contributed by atoms with Gasteiger partial charge in [-0.15, -0.1) is 0 Å². The molecule has 4 heteroatoms. The lowest BCUT2D eigenvalue weighted by atomic mass is 10.0. The maximum Gasteiger partial charge on any atom is 0.0347 e. The first-order valence-electron chi connectivity index (χ1n) is 5.26.